The van der Waals surface area contributed by atoms with Crippen LogP contribution in [0.2, 0.25) is 0 Å². The summed E-state index contributed by atoms with van der Waals surface area (Å²) in [6.45, 7) is 0. The summed E-state index contributed by atoms with van der Waals surface area (Å²) >= 11 is 0. The SMILES string of the molecule is COC(=O)[C@@H]1C[C@]2(F)C=C[C@H]1OC2=O. The maximum Gasteiger partial charge on any atom is 0.348 e. The van der Waals surface area contributed by atoms with Crippen molar-refractivity contribution in [2.45, 2.75) is 18.2 Å². The molecule has 0 spiro atoms. The summed E-state index contributed by atoms with van der Waals surface area (Å²) in [4.78, 5) is 22.2. The largest absolute Gasteiger partial charge is 0.469 e. The van der Waals surface area contributed by atoms with Gasteiger partial charge in [0.2, 0.25) is 5.67 Å². The summed E-state index contributed by atoms with van der Waals surface area (Å²) in [6.07, 6.45) is 1.70. The van der Waals surface area contributed by atoms with Gasteiger partial charge in [0.1, 0.15) is 12.0 Å². The Bertz CT molecular complexity index is 325. The molecule has 3 atom stereocenters. The van der Waals surface area contributed by atoms with Crippen LogP contribution in [0, 0.1) is 5.92 Å². The first-order chi connectivity index (χ1) is 6.57. The van der Waals surface area contributed by atoms with Gasteiger partial charge in [-0.2, -0.15) is 0 Å². The van der Waals surface area contributed by atoms with Crippen molar-refractivity contribution in [3.63, 3.8) is 0 Å². The second-order valence-electron chi connectivity index (χ2n) is 3.43. The van der Waals surface area contributed by atoms with Gasteiger partial charge in [0.25, 0.3) is 0 Å². The number of esters is 2. The Labute approximate surface area is 79.7 Å². The van der Waals surface area contributed by atoms with Gasteiger partial charge in [0.15, 0.2) is 0 Å². The Morgan fingerprint density at radius 2 is 2.50 bits per heavy atom. The number of carbonyl (C=O) groups is 2. The zero-order valence-corrected chi connectivity index (χ0v) is 7.53. The minimum atomic E-state index is -2.15. The predicted molar refractivity (Wildman–Crippen MR) is 43.0 cm³/mol. The van der Waals surface area contributed by atoms with Crippen molar-refractivity contribution in [3.05, 3.63) is 12.2 Å². The second-order valence-corrected chi connectivity index (χ2v) is 3.43. The molecule has 1 fully saturated rings. The van der Waals surface area contributed by atoms with Crippen LogP contribution in [0.5, 0.6) is 0 Å². The molecule has 0 amide bonds. The average molecular weight is 200 g/mol. The molecule has 76 valence electrons. The highest BCUT2D eigenvalue weighted by Gasteiger charge is 2.54. The van der Waals surface area contributed by atoms with E-state index in [2.05, 4.69) is 4.74 Å². The summed E-state index contributed by atoms with van der Waals surface area (Å²) in [5.41, 5.74) is -2.15. The lowest BCUT2D eigenvalue weighted by Crippen LogP contribution is -2.52. The molecule has 1 aliphatic carbocycles. The van der Waals surface area contributed by atoms with Gasteiger partial charge in [-0.3, -0.25) is 4.79 Å². The Hall–Kier alpha value is -1.39. The van der Waals surface area contributed by atoms with Crippen molar-refractivity contribution in [1.29, 1.82) is 0 Å². The van der Waals surface area contributed by atoms with Crippen LogP contribution in [0.25, 0.3) is 0 Å². The quantitative estimate of drug-likeness (QED) is 0.453. The second kappa shape index (κ2) is 2.80. The van der Waals surface area contributed by atoms with Crippen molar-refractivity contribution in [2.24, 2.45) is 5.92 Å². The van der Waals surface area contributed by atoms with E-state index in [1.54, 1.807) is 0 Å². The van der Waals surface area contributed by atoms with Gasteiger partial charge in [0.05, 0.1) is 7.11 Å². The number of halogens is 1. The first kappa shape index (κ1) is 9.18. The zero-order chi connectivity index (χ0) is 10.3. The van der Waals surface area contributed by atoms with E-state index < -0.39 is 29.6 Å². The van der Waals surface area contributed by atoms with Gasteiger partial charge in [-0.25, -0.2) is 9.18 Å². The Morgan fingerprint density at radius 3 is 3.00 bits per heavy atom. The maximum atomic E-state index is 13.7. The van der Waals surface area contributed by atoms with Crippen molar-refractivity contribution in [3.8, 4) is 0 Å². The first-order valence-corrected chi connectivity index (χ1v) is 4.24. The molecule has 0 aromatic rings. The third-order valence-corrected chi connectivity index (χ3v) is 2.55. The number of fused-ring (bicyclic) bond motifs is 2. The maximum absolute atomic E-state index is 13.7. The zero-order valence-electron chi connectivity index (χ0n) is 7.53. The normalized spacial score (nSPS) is 39.4. The summed E-state index contributed by atoms with van der Waals surface area (Å²) in [5.74, 6) is -2.17. The summed E-state index contributed by atoms with van der Waals surface area (Å²) in [5, 5.41) is 0. The monoisotopic (exact) mass is 200 g/mol. The Balaban J connectivity index is 2.27. The van der Waals surface area contributed by atoms with E-state index in [-0.39, 0.29) is 6.42 Å². The van der Waals surface area contributed by atoms with Gasteiger partial charge in [-0.05, 0) is 12.2 Å². The number of alkyl halides is 1. The van der Waals surface area contributed by atoms with Crippen LogP contribution in [0.15, 0.2) is 12.2 Å². The molecular formula is C9H9FO4. The molecule has 0 aromatic carbocycles. The molecule has 4 nitrogen and oxygen atoms in total. The summed E-state index contributed by atoms with van der Waals surface area (Å²) < 4.78 is 22.9. The van der Waals surface area contributed by atoms with Crippen molar-refractivity contribution in [2.75, 3.05) is 7.11 Å². The van der Waals surface area contributed by atoms with Crippen molar-refractivity contribution < 1.29 is 23.5 Å². The highest BCUT2D eigenvalue weighted by molar-refractivity contribution is 5.87. The fourth-order valence-corrected chi connectivity index (χ4v) is 1.75. The number of carbonyl (C=O) groups excluding carboxylic acids is 2. The van der Waals surface area contributed by atoms with E-state index in [1.807, 2.05) is 0 Å². The Kier molecular flexibility index (Phi) is 1.83. The molecule has 3 aliphatic rings. The van der Waals surface area contributed by atoms with Crippen LogP contribution in [0.3, 0.4) is 0 Å². The van der Waals surface area contributed by atoms with E-state index in [0.717, 1.165) is 6.08 Å². The van der Waals surface area contributed by atoms with Crippen LogP contribution in [-0.2, 0) is 19.1 Å². The molecule has 1 saturated heterocycles. The molecule has 0 radical (unpaired) electrons. The van der Waals surface area contributed by atoms with Crippen molar-refractivity contribution >= 4 is 11.9 Å². The standard InChI is InChI=1S/C9H9FO4/c1-13-7(11)5-4-9(10)3-2-6(5)14-8(9)12/h2-3,5-6H,4H2,1H3/t5-,6-,9-/m1/s1. The summed E-state index contributed by atoms with van der Waals surface area (Å²) in [6, 6.07) is 0. The minimum absolute atomic E-state index is 0.181. The number of hydrogen-bond acceptors (Lipinski definition) is 4. The average Bonchev–Trinajstić information content (AvgIpc) is 2.18. The molecule has 0 saturated carbocycles. The third-order valence-electron chi connectivity index (χ3n) is 2.55. The molecule has 3 rings (SSSR count). The number of methoxy groups -OCH3 is 1. The Morgan fingerprint density at radius 1 is 1.79 bits per heavy atom. The smallest absolute Gasteiger partial charge is 0.348 e. The highest BCUT2D eigenvalue weighted by atomic mass is 19.1. The highest BCUT2D eigenvalue weighted by Crippen LogP contribution is 2.39. The first-order valence-electron chi connectivity index (χ1n) is 4.24. The molecule has 14 heavy (non-hydrogen) atoms. The summed E-state index contributed by atoms with van der Waals surface area (Å²) in [7, 11) is 1.22. The van der Waals surface area contributed by atoms with Crippen molar-refractivity contribution in [1.82, 2.24) is 0 Å². The van der Waals surface area contributed by atoms with Gasteiger partial charge in [-0.1, -0.05) is 0 Å². The van der Waals surface area contributed by atoms with Crippen LogP contribution < -0.4 is 0 Å². The number of rotatable bonds is 1. The lowest BCUT2D eigenvalue weighted by atomic mass is 9.80. The van der Waals surface area contributed by atoms with E-state index in [1.165, 1.54) is 13.2 Å². The minimum Gasteiger partial charge on any atom is -0.469 e. The molecule has 5 heteroatoms. The molecule has 2 heterocycles. The van der Waals surface area contributed by atoms with Crippen LogP contribution in [-0.4, -0.2) is 30.8 Å². The van der Waals surface area contributed by atoms with Gasteiger partial charge in [-0.15, -0.1) is 0 Å². The third kappa shape index (κ3) is 1.12. The fraction of sp³-hybridized carbons (Fsp3) is 0.556. The fourth-order valence-electron chi connectivity index (χ4n) is 1.75. The number of hydrogen-bond donors (Lipinski definition) is 0. The lowest BCUT2D eigenvalue weighted by molar-refractivity contribution is -0.180. The predicted octanol–water partition coefficient (Wildman–Crippen LogP) is 0.369. The topological polar surface area (TPSA) is 52.6 Å². The van der Waals surface area contributed by atoms with Crippen LogP contribution >= 0.6 is 0 Å². The van der Waals surface area contributed by atoms with Crippen LogP contribution in [0.1, 0.15) is 6.42 Å². The molecule has 2 aliphatic heterocycles. The van der Waals surface area contributed by atoms with Gasteiger partial charge < -0.3 is 9.47 Å². The molecular weight excluding hydrogens is 191 g/mol. The molecule has 0 aromatic heterocycles. The molecule has 0 N–H and O–H groups in total. The van der Waals surface area contributed by atoms with Gasteiger partial charge in [0, 0.05) is 6.42 Å². The van der Waals surface area contributed by atoms with E-state index in [0.29, 0.717) is 0 Å². The lowest BCUT2D eigenvalue weighted by Gasteiger charge is -2.38. The van der Waals surface area contributed by atoms with E-state index in [4.69, 9.17) is 4.74 Å². The number of ether oxygens (including phenoxy) is 2. The van der Waals surface area contributed by atoms with Crippen LogP contribution in [0.4, 0.5) is 4.39 Å². The van der Waals surface area contributed by atoms with E-state index in [9.17, 15) is 14.0 Å². The van der Waals surface area contributed by atoms with E-state index >= 15 is 0 Å². The molecule has 2 bridgehead atoms. The molecule has 0 unspecified atom stereocenters. The van der Waals surface area contributed by atoms with Gasteiger partial charge >= 0.3 is 11.9 Å².